The zero-order valence-corrected chi connectivity index (χ0v) is 17.3. The number of carbonyl (C=O) groups excluding carboxylic acids is 2. The summed E-state index contributed by atoms with van der Waals surface area (Å²) in [5, 5.41) is 3.04. The minimum absolute atomic E-state index is 0.0238. The Labute approximate surface area is 181 Å². The molecule has 158 valence electrons. The molecule has 3 aromatic rings. The van der Waals surface area contributed by atoms with Gasteiger partial charge >= 0.3 is 0 Å². The zero-order valence-electron chi connectivity index (χ0n) is 17.3. The van der Waals surface area contributed by atoms with Crippen molar-refractivity contribution in [3.05, 3.63) is 95.8 Å². The molecule has 5 heteroatoms. The Bertz CT molecular complexity index is 1030. The fraction of sp³-hybridized carbons (Fsp3) is 0.231. The van der Waals surface area contributed by atoms with Gasteiger partial charge in [0.1, 0.15) is 5.82 Å². The van der Waals surface area contributed by atoms with Gasteiger partial charge in [0.05, 0.1) is 6.42 Å². The van der Waals surface area contributed by atoms with Crippen molar-refractivity contribution in [1.29, 1.82) is 0 Å². The Kier molecular flexibility index (Phi) is 6.41. The van der Waals surface area contributed by atoms with Gasteiger partial charge in [0.2, 0.25) is 5.91 Å². The number of carbonyl (C=O) groups is 2. The molecule has 0 atom stereocenters. The minimum atomic E-state index is -0.309. The number of nitrogens with zero attached hydrogens (tertiary/aromatic N) is 1. The van der Waals surface area contributed by atoms with Gasteiger partial charge in [-0.1, -0.05) is 54.6 Å². The predicted octanol–water partition coefficient (Wildman–Crippen LogP) is 4.46. The third kappa shape index (κ3) is 5.37. The quantitative estimate of drug-likeness (QED) is 0.668. The summed E-state index contributed by atoms with van der Waals surface area (Å²) >= 11 is 0. The maximum Gasteiger partial charge on any atom is 0.253 e. The molecule has 0 unspecified atom stereocenters. The lowest BCUT2D eigenvalue weighted by molar-refractivity contribution is -0.121. The second-order valence-corrected chi connectivity index (χ2v) is 7.88. The molecule has 1 heterocycles. The Morgan fingerprint density at radius 1 is 0.839 bits per heavy atom. The van der Waals surface area contributed by atoms with E-state index >= 15 is 0 Å². The molecule has 0 radical (unpaired) electrons. The Morgan fingerprint density at radius 3 is 2.10 bits per heavy atom. The molecule has 1 saturated heterocycles. The standard InChI is InChI=1S/C26H25FN2O2/c27-23-12-6-19(7-13-23)18-25(30)28-24-14-16-29(17-15-24)26(31)22-10-8-21(9-11-22)20-4-2-1-3-5-20/h1-13,24H,14-18H2,(H,28,30). The number of piperidine rings is 1. The lowest BCUT2D eigenvalue weighted by atomic mass is 10.0. The van der Waals surface area contributed by atoms with Crippen LogP contribution in [0.4, 0.5) is 4.39 Å². The molecule has 0 aliphatic carbocycles. The number of likely N-dealkylation sites (tertiary alicyclic amines) is 1. The molecule has 2 amide bonds. The van der Waals surface area contributed by atoms with Gasteiger partial charge < -0.3 is 10.2 Å². The highest BCUT2D eigenvalue weighted by molar-refractivity contribution is 5.94. The molecule has 0 aromatic heterocycles. The van der Waals surface area contributed by atoms with E-state index in [-0.39, 0.29) is 30.1 Å². The summed E-state index contributed by atoms with van der Waals surface area (Å²) in [7, 11) is 0. The molecular weight excluding hydrogens is 391 g/mol. The average molecular weight is 416 g/mol. The van der Waals surface area contributed by atoms with Crippen LogP contribution in [0, 0.1) is 5.82 Å². The Hall–Kier alpha value is -3.47. The van der Waals surface area contributed by atoms with Crippen molar-refractivity contribution in [3.63, 3.8) is 0 Å². The lowest BCUT2D eigenvalue weighted by Crippen LogP contribution is -2.46. The topological polar surface area (TPSA) is 49.4 Å². The third-order valence-corrected chi connectivity index (χ3v) is 5.66. The summed E-state index contributed by atoms with van der Waals surface area (Å²) < 4.78 is 13.0. The van der Waals surface area contributed by atoms with Crippen LogP contribution in [-0.4, -0.2) is 35.8 Å². The summed E-state index contributed by atoms with van der Waals surface area (Å²) in [6.07, 6.45) is 1.68. The highest BCUT2D eigenvalue weighted by atomic mass is 19.1. The molecule has 1 fully saturated rings. The maximum absolute atomic E-state index is 13.0. The molecule has 0 saturated carbocycles. The number of halogens is 1. The second kappa shape index (κ2) is 9.56. The van der Waals surface area contributed by atoms with E-state index in [0.717, 1.165) is 29.5 Å². The van der Waals surface area contributed by atoms with Gasteiger partial charge in [0, 0.05) is 24.7 Å². The normalized spacial score (nSPS) is 14.3. The van der Waals surface area contributed by atoms with E-state index in [2.05, 4.69) is 5.32 Å². The van der Waals surface area contributed by atoms with E-state index in [9.17, 15) is 14.0 Å². The first-order chi connectivity index (χ1) is 15.1. The summed E-state index contributed by atoms with van der Waals surface area (Å²) in [5.41, 5.74) is 3.67. The minimum Gasteiger partial charge on any atom is -0.353 e. The monoisotopic (exact) mass is 416 g/mol. The molecule has 0 spiro atoms. The number of benzene rings is 3. The Morgan fingerprint density at radius 2 is 1.45 bits per heavy atom. The van der Waals surface area contributed by atoms with Crippen LogP contribution in [0.15, 0.2) is 78.9 Å². The summed E-state index contributed by atoms with van der Waals surface area (Å²) in [6.45, 7) is 1.22. The first-order valence-electron chi connectivity index (χ1n) is 10.6. The van der Waals surface area contributed by atoms with Gasteiger partial charge in [0.15, 0.2) is 0 Å². The van der Waals surface area contributed by atoms with E-state index in [1.54, 1.807) is 12.1 Å². The van der Waals surface area contributed by atoms with Crippen molar-refractivity contribution in [3.8, 4) is 11.1 Å². The first kappa shape index (κ1) is 20.8. The molecular formula is C26H25FN2O2. The highest BCUT2D eigenvalue weighted by Crippen LogP contribution is 2.21. The number of rotatable bonds is 5. The molecule has 31 heavy (non-hydrogen) atoms. The van der Waals surface area contributed by atoms with Crippen LogP contribution in [0.2, 0.25) is 0 Å². The smallest absolute Gasteiger partial charge is 0.253 e. The van der Waals surface area contributed by atoms with Crippen molar-refractivity contribution in [2.75, 3.05) is 13.1 Å². The van der Waals surface area contributed by atoms with Crippen LogP contribution < -0.4 is 5.32 Å². The number of hydrogen-bond donors (Lipinski definition) is 1. The van der Waals surface area contributed by atoms with Crippen LogP contribution in [0.1, 0.15) is 28.8 Å². The highest BCUT2D eigenvalue weighted by Gasteiger charge is 2.24. The van der Waals surface area contributed by atoms with Gasteiger partial charge in [-0.2, -0.15) is 0 Å². The number of nitrogens with one attached hydrogen (secondary N) is 1. The van der Waals surface area contributed by atoms with Crippen LogP contribution in [0.3, 0.4) is 0 Å². The molecule has 4 nitrogen and oxygen atoms in total. The van der Waals surface area contributed by atoms with E-state index in [1.165, 1.54) is 12.1 Å². The molecule has 3 aromatic carbocycles. The van der Waals surface area contributed by atoms with Gasteiger partial charge in [-0.15, -0.1) is 0 Å². The van der Waals surface area contributed by atoms with Crippen LogP contribution in [0.5, 0.6) is 0 Å². The number of amides is 2. The van der Waals surface area contributed by atoms with Crippen molar-refractivity contribution < 1.29 is 14.0 Å². The summed E-state index contributed by atoms with van der Waals surface area (Å²) in [5.74, 6) is -0.362. The fourth-order valence-corrected chi connectivity index (χ4v) is 3.91. The summed E-state index contributed by atoms with van der Waals surface area (Å²) in [4.78, 5) is 27.0. The Balaban J connectivity index is 1.27. The molecule has 1 N–H and O–H groups in total. The van der Waals surface area contributed by atoms with E-state index in [0.29, 0.717) is 18.7 Å². The van der Waals surface area contributed by atoms with Gasteiger partial charge in [-0.3, -0.25) is 9.59 Å². The molecule has 0 bridgehead atoms. The zero-order chi connectivity index (χ0) is 21.6. The van der Waals surface area contributed by atoms with Crippen molar-refractivity contribution >= 4 is 11.8 Å². The van der Waals surface area contributed by atoms with Crippen molar-refractivity contribution in [2.24, 2.45) is 0 Å². The second-order valence-electron chi connectivity index (χ2n) is 7.88. The lowest BCUT2D eigenvalue weighted by Gasteiger charge is -2.32. The van der Waals surface area contributed by atoms with Crippen molar-refractivity contribution in [1.82, 2.24) is 10.2 Å². The third-order valence-electron chi connectivity index (χ3n) is 5.66. The van der Waals surface area contributed by atoms with Crippen molar-refractivity contribution in [2.45, 2.75) is 25.3 Å². The van der Waals surface area contributed by atoms with E-state index in [1.807, 2.05) is 59.5 Å². The van der Waals surface area contributed by atoms with Gasteiger partial charge in [-0.05, 0) is 53.8 Å². The van der Waals surface area contributed by atoms with Gasteiger partial charge in [0.25, 0.3) is 5.91 Å². The van der Waals surface area contributed by atoms with Crippen LogP contribution in [-0.2, 0) is 11.2 Å². The SMILES string of the molecule is O=C(Cc1ccc(F)cc1)NC1CCN(C(=O)c2ccc(-c3ccccc3)cc2)CC1. The van der Waals surface area contributed by atoms with E-state index < -0.39 is 0 Å². The fourth-order valence-electron chi connectivity index (χ4n) is 3.91. The van der Waals surface area contributed by atoms with E-state index in [4.69, 9.17) is 0 Å². The number of hydrogen-bond acceptors (Lipinski definition) is 2. The maximum atomic E-state index is 13.0. The van der Waals surface area contributed by atoms with Gasteiger partial charge in [-0.25, -0.2) is 4.39 Å². The average Bonchev–Trinajstić information content (AvgIpc) is 2.81. The van der Waals surface area contributed by atoms with Crippen LogP contribution >= 0.6 is 0 Å². The predicted molar refractivity (Wildman–Crippen MR) is 119 cm³/mol. The molecule has 1 aliphatic heterocycles. The largest absolute Gasteiger partial charge is 0.353 e. The first-order valence-corrected chi connectivity index (χ1v) is 10.6. The molecule has 4 rings (SSSR count). The van der Waals surface area contributed by atoms with Crippen LogP contribution in [0.25, 0.3) is 11.1 Å². The summed E-state index contributed by atoms with van der Waals surface area (Å²) in [6, 6.07) is 23.8. The molecule has 1 aliphatic rings.